The summed E-state index contributed by atoms with van der Waals surface area (Å²) in [4.78, 5) is 0. The predicted molar refractivity (Wildman–Crippen MR) is 63.8 cm³/mol. The van der Waals surface area contributed by atoms with E-state index < -0.39 is 11.6 Å². The van der Waals surface area contributed by atoms with E-state index in [2.05, 4.69) is 6.92 Å². The molecule has 0 aliphatic heterocycles. The Labute approximate surface area is 101 Å². The number of alkyl halides is 1. The summed E-state index contributed by atoms with van der Waals surface area (Å²) in [6, 6.07) is 4.06. The maximum atomic E-state index is 12.9. The Morgan fingerprint density at radius 3 is 2.56 bits per heavy atom. The Morgan fingerprint density at radius 1 is 1.19 bits per heavy atom. The molecule has 1 aromatic carbocycles. The average molecular weight is 247 g/mol. The number of rotatable bonds is 6. The second-order valence-electron chi connectivity index (χ2n) is 4.03. The third-order valence-corrected chi connectivity index (χ3v) is 3.01. The van der Waals surface area contributed by atoms with Crippen molar-refractivity contribution in [2.24, 2.45) is 0 Å². The molecule has 0 fully saturated rings. The first-order valence-electron chi connectivity index (χ1n) is 5.71. The first-order valence-corrected chi connectivity index (χ1v) is 6.15. The highest BCUT2D eigenvalue weighted by Gasteiger charge is 2.05. The van der Waals surface area contributed by atoms with Crippen molar-refractivity contribution in [1.82, 2.24) is 0 Å². The van der Waals surface area contributed by atoms with Crippen LogP contribution in [0.1, 0.15) is 38.2 Å². The molecule has 0 aliphatic carbocycles. The lowest BCUT2D eigenvalue weighted by atomic mass is 10.1. The van der Waals surface area contributed by atoms with Crippen molar-refractivity contribution in [3.8, 4) is 0 Å². The van der Waals surface area contributed by atoms with Gasteiger partial charge in [-0.05, 0) is 43.4 Å². The summed E-state index contributed by atoms with van der Waals surface area (Å²) in [7, 11) is 0. The standard InChI is InChI=1S/C13H17ClF2/c1-2-4-11(14)6-3-5-10-7-8-12(15)13(16)9-10/h7-9,11H,2-6H2,1H3. The fourth-order valence-corrected chi connectivity index (χ4v) is 2.05. The van der Waals surface area contributed by atoms with Gasteiger partial charge in [0.2, 0.25) is 0 Å². The van der Waals surface area contributed by atoms with Crippen molar-refractivity contribution >= 4 is 11.6 Å². The van der Waals surface area contributed by atoms with Crippen LogP contribution in [0.4, 0.5) is 8.78 Å². The number of aryl methyl sites for hydroxylation is 1. The van der Waals surface area contributed by atoms with E-state index >= 15 is 0 Å². The smallest absolute Gasteiger partial charge is 0.159 e. The molecule has 3 heteroatoms. The second kappa shape index (κ2) is 6.85. The van der Waals surface area contributed by atoms with Gasteiger partial charge in [-0.2, -0.15) is 0 Å². The zero-order chi connectivity index (χ0) is 12.0. The van der Waals surface area contributed by atoms with Gasteiger partial charge in [-0.1, -0.05) is 19.4 Å². The maximum Gasteiger partial charge on any atom is 0.159 e. The lowest BCUT2D eigenvalue weighted by molar-refractivity contribution is 0.506. The van der Waals surface area contributed by atoms with E-state index in [0.29, 0.717) is 0 Å². The van der Waals surface area contributed by atoms with Gasteiger partial charge < -0.3 is 0 Å². The molecule has 16 heavy (non-hydrogen) atoms. The molecule has 1 unspecified atom stereocenters. The van der Waals surface area contributed by atoms with Gasteiger partial charge in [0.1, 0.15) is 0 Å². The number of halogens is 3. The van der Waals surface area contributed by atoms with E-state index in [1.807, 2.05) is 0 Å². The van der Waals surface area contributed by atoms with Crippen LogP contribution in [0.15, 0.2) is 18.2 Å². The minimum atomic E-state index is -0.787. The number of hydrogen-bond donors (Lipinski definition) is 0. The van der Waals surface area contributed by atoms with Gasteiger partial charge in [0, 0.05) is 5.38 Å². The van der Waals surface area contributed by atoms with Gasteiger partial charge >= 0.3 is 0 Å². The Bertz CT molecular complexity index is 326. The fraction of sp³-hybridized carbons (Fsp3) is 0.538. The van der Waals surface area contributed by atoms with Crippen LogP contribution in [0, 0.1) is 11.6 Å². The molecule has 1 rings (SSSR count). The average Bonchev–Trinajstić information content (AvgIpc) is 2.24. The highest BCUT2D eigenvalue weighted by molar-refractivity contribution is 6.20. The summed E-state index contributed by atoms with van der Waals surface area (Å²) in [5.41, 5.74) is 0.833. The Kier molecular flexibility index (Phi) is 5.75. The minimum Gasteiger partial charge on any atom is -0.204 e. The molecular weight excluding hydrogens is 230 g/mol. The molecule has 0 heterocycles. The lowest BCUT2D eigenvalue weighted by Gasteiger charge is -2.07. The molecule has 90 valence electrons. The molecule has 1 atom stereocenters. The predicted octanol–water partition coefficient (Wildman–Crippen LogP) is 4.70. The first kappa shape index (κ1) is 13.4. The molecule has 0 aromatic heterocycles. The van der Waals surface area contributed by atoms with Crippen LogP contribution in [-0.4, -0.2) is 5.38 Å². The first-order chi connectivity index (χ1) is 7.63. The molecule has 1 aromatic rings. The second-order valence-corrected chi connectivity index (χ2v) is 4.64. The summed E-state index contributed by atoms with van der Waals surface area (Å²) < 4.78 is 25.5. The molecule has 0 saturated carbocycles. The van der Waals surface area contributed by atoms with E-state index in [-0.39, 0.29) is 5.38 Å². The van der Waals surface area contributed by atoms with E-state index in [1.165, 1.54) is 12.1 Å². The Balaban J connectivity index is 2.34. The largest absolute Gasteiger partial charge is 0.204 e. The summed E-state index contributed by atoms with van der Waals surface area (Å²) in [6.45, 7) is 2.10. The Morgan fingerprint density at radius 2 is 1.94 bits per heavy atom. The highest BCUT2D eigenvalue weighted by atomic mass is 35.5. The summed E-state index contributed by atoms with van der Waals surface area (Å²) in [5, 5.41) is 0.204. The molecule has 0 spiro atoms. The topological polar surface area (TPSA) is 0 Å². The summed E-state index contributed by atoms with van der Waals surface area (Å²) >= 11 is 6.07. The normalized spacial score (nSPS) is 12.8. The third-order valence-electron chi connectivity index (χ3n) is 2.57. The van der Waals surface area contributed by atoms with E-state index in [4.69, 9.17) is 11.6 Å². The SMILES string of the molecule is CCCC(Cl)CCCc1ccc(F)c(F)c1. The molecule has 0 saturated heterocycles. The van der Waals surface area contributed by atoms with Crippen molar-refractivity contribution in [1.29, 1.82) is 0 Å². The highest BCUT2D eigenvalue weighted by Crippen LogP contribution is 2.15. The number of benzene rings is 1. The van der Waals surface area contributed by atoms with Gasteiger partial charge in [-0.25, -0.2) is 8.78 Å². The van der Waals surface area contributed by atoms with Crippen molar-refractivity contribution in [3.63, 3.8) is 0 Å². The van der Waals surface area contributed by atoms with E-state index in [9.17, 15) is 8.78 Å². The van der Waals surface area contributed by atoms with Crippen LogP contribution < -0.4 is 0 Å². The zero-order valence-electron chi connectivity index (χ0n) is 9.48. The van der Waals surface area contributed by atoms with Crippen LogP contribution in [-0.2, 0) is 6.42 Å². The van der Waals surface area contributed by atoms with Gasteiger partial charge in [-0.3, -0.25) is 0 Å². The molecule has 0 amide bonds. The van der Waals surface area contributed by atoms with Crippen LogP contribution >= 0.6 is 11.6 Å². The minimum absolute atomic E-state index is 0.204. The quantitative estimate of drug-likeness (QED) is 0.639. The maximum absolute atomic E-state index is 12.9. The zero-order valence-corrected chi connectivity index (χ0v) is 10.2. The van der Waals surface area contributed by atoms with Crippen LogP contribution in [0.2, 0.25) is 0 Å². The lowest BCUT2D eigenvalue weighted by Crippen LogP contribution is -1.99. The molecular formula is C13H17ClF2. The van der Waals surface area contributed by atoms with Gasteiger partial charge in [0.05, 0.1) is 0 Å². The van der Waals surface area contributed by atoms with Gasteiger partial charge in [0.25, 0.3) is 0 Å². The van der Waals surface area contributed by atoms with Crippen molar-refractivity contribution in [2.45, 2.75) is 44.4 Å². The van der Waals surface area contributed by atoms with Gasteiger partial charge in [0.15, 0.2) is 11.6 Å². The summed E-state index contributed by atoms with van der Waals surface area (Å²) in [6.07, 6.45) is 4.69. The molecule has 0 aliphatic rings. The van der Waals surface area contributed by atoms with Crippen molar-refractivity contribution in [3.05, 3.63) is 35.4 Å². The number of hydrogen-bond acceptors (Lipinski definition) is 0. The van der Waals surface area contributed by atoms with Crippen molar-refractivity contribution in [2.75, 3.05) is 0 Å². The fourth-order valence-electron chi connectivity index (χ4n) is 1.68. The van der Waals surface area contributed by atoms with Crippen LogP contribution in [0.3, 0.4) is 0 Å². The molecule has 0 N–H and O–H groups in total. The van der Waals surface area contributed by atoms with E-state index in [1.54, 1.807) is 6.07 Å². The van der Waals surface area contributed by atoms with E-state index in [0.717, 1.165) is 37.7 Å². The van der Waals surface area contributed by atoms with Crippen molar-refractivity contribution < 1.29 is 8.78 Å². The van der Waals surface area contributed by atoms with Crippen LogP contribution in [0.5, 0.6) is 0 Å². The van der Waals surface area contributed by atoms with Crippen LogP contribution in [0.25, 0.3) is 0 Å². The molecule has 0 nitrogen and oxygen atoms in total. The van der Waals surface area contributed by atoms with Gasteiger partial charge in [-0.15, -0.1) is 11.6 Å². The third kappa shape index (κ3) is 4.48. The molecule has 0 radical (unpaired) electrons. The summed E-state index contributed by atoms with van der Waals surface area (Å²) in [5.74, 6) is -1.56. The monoisotopic (exact) mass is 246 g/mol. The Hall–Kier alpha value is -0.630. The molecule has 0 bridgehead atoms.